The van der Waals surface area contributed by atoms with E-state index < -0.39 is 6.10 Å². The van der Waals surface area contributed by atoms with Crippen LogP contribution in [0.3, 0.4) is 0 Å². The molecule has 1 saturated carbocycles. The SMILES string of the molecule is NNC(=O)[C@H]1[C@@H]2C[C@H]3Cc4[nH]c5ccccc5c4CN3C[C@H]2CC[C@H]1O. The summed E-state index contributed by atoms with van der Waals surface area (Å²) in [6.45, 7) is 1.99. The van der Waals surface area contributed by atoms with E-state index >= 15 is 0 Å². The van der Waals surface area contributed by atoms with Crippen LogP contribution >= 0.6 is 0 Å². The summed E-state index contributed by atoms with van der Waals surface area (Å²) >= 11 is 0. The van der Waals surface area contributed by atoms with Crippen molar-refractivity contribution in [3.63, 3.8) is 0 Å². The quantitative estimate of drug-likeness (QED) is 0.353. The highest BCUT2D eigenvalue weighted by molar-refractivity contribution is 5.85. The number of H-pyrrole nitrogens is 1. The zero-order valence-electron chi connectivity index (χ0n) is 14.8. The lowest BCUT2D eigenvalue weighted by atomic mass is 9.64. The largest absolute Gasteiger partial charge is 0.392 e. The van der Waals surface area contributed by atoms with Crippen molar-refractivity contribution in [1.82, 2.24) is 15.3 Å². The molecule has 6 nitrogen and oxygen atoms in total. The number of aliphatic hydroxyl groups excluding tert-OH is 1. The second kappa shape index (κ2) is 6.08. The third-order valence-electron chi connectivity index (χ3n) is 6.99. The smallest absolute Gasteiger partial charge is 0.239 e. The number of hydrogen-bond donors (Lipinski definition) is 4. The molecule has 1 aromatic heterocycles. The minimum Gasteiger partial charge on any atom is -0.392 e. The molecule has 0 radical (unpaired) electrons. The summed E-state index contributed by atoms with van der Waals surface area (Å²) in [6.07, 6.45) is 3.05. The maximum atomic E-state index is 12.3. The number of nitrogens with zero attached hydrogens (tertiary/aromatic N) is 1. The molecule has 1 saturated heterocycles. The van der Waals surface area contributed by atoms with Gasteiger partial charge in [0, 0.05) is 42.1 Å². The molecule has 0 bridgehead atoms. The molecule has 2 aromatic rings. The number of carbonyl (C=O) groups is 1. The lowest BCUT2D eigenvalue weighted by Gasteiger charge is -2.51. The molecule has 2 fully saturated rings. The van der Waals surface area contributed by atoms with Gasteiger partial charge in [0.1, 0.15) is 0 Å². The maximum absolute atomic E-state index is 12.3. The van der Waals surface area contributed by atoms with E-state index in [0.717, 1.165) is 32.4 Å². The molecule has 26 heavy (non-hydrogen) atoms. The summed E-state index contributed by atoms with van der Waals surface area (Å²) in [5, 5.41) is 11.8. The molecule has 1 amide bonds. The Labute approximate surface area is 152 Å². The number of benzene rings is 1. The molecule has 3 aliphatic rings. The van der Waals surface area contributed by atoms with Gasteiger partial charge in [0.05, 0.1) is 12.0 Å². The van der Waals surface area contributed by atoms with E-state index in [-0.39, 0.29) is 17.7 Å². The van der Waals surface area contributed by atoms with Crippen molar-refractivity contribution in [2.45, 2.75) is 44.4 Å². The van der Waals surface area contributed by atoms with Gasteiger partial charge in [0.15, 0.2) is 0 Å². The average Bonchev–Trinajstić information content (AvgIpc) is 3.01. The summed E-state index contributed by atoms with van der Waals surface area (Å²) < 4.78 is 0. The standard InChI is InChI=1S/C20H26N4O2/c21-23-20(26)19-14-7-12-8-17-15(13-3-1-2-4-16(13)22-17)10-24(12)9-11(14)5-6-18(19)25/h1-4,11-12,14,18-19,22,25H,5-10,21H2,(H,23,26)/t11-,12+,14-,18-,19+/m1/s1. The molecule has 5 atom stereocenters. The molecule has 0 spiro atoms. The van der Waals surface area contributed by atoms with Gasteiger partial charge in [-0.3, -0.25) is 15.1 Å². The number of aromatic nitrogens is 1. The Balaban J connectivity index is 1.45. The van der Waals surface area contributed by atoms with Crippen molar-refractivity contribution >= 4 is 16.8 Å². The maximum Gasteiger partial charge on any atom is 0.239 e. The highest BCUT2D eigenvalue weighted by atomic mass is 16.3. The van der Waals surface area contributed by atoms with E-state index in [4.69, 9.17) is 5.84 Å². The number of amides is 1. The van der Waals surface area contributed by atoms with Crippen molar-refractivity contribution in [2.75, 3.05) is 6.54 Å². The van der Waals surface area contributed by atoms with Crippen LogP contribution in [-0.4, -0.2) is 39.6 Å². The first-order valence-corrected chi connectivity index (χ1v) is 9.66. The number of aliphatic hydroxyl groups is 1. The number of aromatic amines is 1. The van der Waals surface area contributed by atoms with Crippen LogP contribution in [0, 0.1) is 17.8 Å². The normalized spacial score (nSPS) is 34.0. The Kier molecular flexibility index (Phi) is 3.81. The number of para-hydroxylation sites is 1. The minimum absolute atomic E-state index is 0.206. The van der Waals surface area contributed by atoms with E-state index in [2.05, 4.69) is 39.6 Å². The van der Waals surface area contributed by atoms with Crippen LogP contribution in [-0.2, 0) is 17.8 Å². The Morgan fingerprint density at radius 2 is 2.15 bits per heavy atom. The summed E-state index contributed by atoms with van der Waals surface area (Å²) in [7, 11) is 0. The van der Waals surface area contributed by atoms with Gasteiger partial charge in [-0.05, 0) is 42.7 Å². The molecule has 1 aliphatic carbocycles. The Hall–Kier alpha value is -1.89. The van der Waals surface area contributed by atoms with Crippen molar-refractivity contribution in [1.29, 1.82) is 0 Å². The van der Waals surface area contributed by atoms with Gasteiger partial charge in [0.25, 0.3) is 0 Å². The zero-order chi connectivity index (χ0) is 17.8. The summed E-state index contributed by atoms with van der Waals surface area (Å²) in [5.41, 5.74) is 6.27. The number of hydrazine groups is 1. The number of nitrogens with one attached hydrogen (secondary N) is 2. The predicted molar refractivity (Wildman–Crippen MR) is 98.9 cm³/mol. The molecule has 6 heteroatoms. The van der Waals surface area contributed by atoms with Crippen molar-refractivity contribution in [3.8, 4) is 0 Å². The fourth-order valence-electron chi connectivity index (χ4n) is 5.76. The summed E-state index contributed by atoms with van der Waals surface area (Å²) in [6, 6.07) is 8.95. The van der Waals surface area contributed by atoms with Crippen LogP contribution in [0.15, 0.2) is 24.3 Å². The number of fused-ring (bicyclic) bond motifs is 5. The molecule has 0 unspecified atom stereocenters. The second-order valence-corrected chi connectivity index (χ2v) is 8.25. The molecular weight excluding hydrogens is 328 g/mol. The molecule has 1 aromatic carbocycles. The van der Waals surface area contributed by atoms with Crippen LogP contribution in [0.4, 0.5) is 0 Å². The molecule has 5 rings (SSSR count). The fourth-order valence-corrected chi connectivity index (χ4v) is 5.76. The Bertz CT molecular complexity index is 847. The summed E-state index contributed by atoms with van der Waals surface area (Å²) in [4.78, 5) is 18.5. The van der Waals surface area contributed by atoms with Crippen molar-refractivity contribution < 1.29 is 9.90 Å². The highest BCUT2D eigenvalue weighted by Crippen LogP contribution is 2.45. The van der Waals surface area contributed by atoms with Gasteiger partial charge in [-0.1, -0.05) is 18.2 Å². The van der Waals surface area contributed by atoms with Crippen molar-refractivity contribution in [3.05, 3.63) is 35.5 Å². The van der Waals surface area contributed by atoms with Crippen LogP contribution in [0.2, 0.25) is 0 Å². The first kappa shape index (κ1) is 16.3. The number of hydrogen-bond acceptors (Lipinski definition) is 4. The number of rotatable bonds is 1. The Morgan fingerprint density at radius 3 is 3.00 bits per heavy atom. The van der Waals surface area contributed by atoms with Crippen LogP contribution in [0.1, 0.15) is 30.5 Å². The van der Waals surface area contributed by atoms with E-state index in [1.807, 2.05) is 0 Å². The van der Waals surface area contributed by atoms with Crippen LogP contribution < -0.4 is 11.3 Å². The first-order valence-electron chi connectivity index (χ1n) is 9.66. The van der Waals surface area contributed by atoms with Gasteiger partial charge in [-0.15, -0.1) is 0 Å². The van der Waals surface area contributed by atoms with Crippen LogP contribution in [0.25, 0.3) is 10.9 Å². The number of nitrogens with two attached hydrogens (primary N) is 1. The van der Waals surface area contributed by atoms with E-state index in [1.165, 1.54) is 22.2 Å². The van der Waals surface area contributed by atoms with Crippen LogP contribution in [0.5, 0.6) is 0 Å². The fraction of sp³-hybridized carbons (Fsp3) is 0.550. The summed E-state index contributed by atoms with van der Waals surface area (Å²) in [5.74, 6) is 5.50. The lowest BCUT2D eigenvalue weighted by Crippen LogP contribution is -2.57. The molecular formula is C20H26N4O2. The van der Waals surface area contributed by atoms with Gasteiger partial charge < -0.3 is 10.1 Å². The van der Waals surface area contributed by atoms with Gasteiger partial charge in [-0.2, -0.15) is 0 Å². The lowest BCUT2D eigenvalue weighted by molar-refractivity contribution is -0.139. The van der Waals surface area contributed by atoms with E-state index in [0.29, 0.717) is 18.4 Å². The highest BCUT2D eigenvalue weighted by Gasteiger charge is 2.48. The topological polar surface area (TPSA) is 94.4 Å². The van der Waals surface area contributed by atoms with E-state index in [1.54, 1.807) is 0 Å². The molecule has 3 heterocycles. The van der Waals surface area contributed by atoms with Gasteiger partial charge >= 0.3 is 0 Å². The minimum atomic E-state index is -0.571. The third kappa shape index (κ3) is 2.40. The monoisotopic (exact) mass is 354 g/mol. The van der Waals surface area contributed by atoms with Gasteiger partial charge in [0.2, 0.25) is 5.91 Å². The van der Waals surface area contributed by atoms with Gasteiger partial charge in [-0.25, -0.2) is 5.84 Å². The molecule has 2 aliphatic heterocycles. The molecule has 5 N–H and O–H groups in total. The number of piperidine rings is 1. The first-order chi connectivity index (χ1) is 12.7. The third-order valence-corrected chi connectivity index (χ3v) is 6.99. The van der Waals surface area contributed by atoms with E-state index in [9.17, 15) is 9.90 Å². The average molecular weight is 354 g/mol. The Morgan fingerprint density at radius 1 is 1.31 bits per heavy atom. The number of carbonyl (C=O) groups excluding carboxylic acids is 1. The second-order valence-electron chi connectivity index (χ2n) is 8.25. The zero-order valence-corrected chi connectivity index (χ0v) is 14.8. The van der Waals surface area contributed by atoms with Crippen molar-refractivity contribution in [2.24, 2.45) is 23.6 Å². The molecule has 138 valence electrons. The predicted octanol–water partition coefficient (Wildman–Crippen LogP) is 1.29.